The number of anilines is 1. The van der Waals surface area contributed by atoms with Crippen LogP contribution < -0.4 is 19.9 Å². The summed E-state index contributed by atoms with van der Waals surface area (Å²) in [6, 6.07) is 7.43. The molecule has 142 valence electrons. The molecule has 1 aliphatic rings. The summed E-state index contributed by atoms with van der Waals surface area (Å²) in [5.74, 6) is 1.33. The van der Waals surface area contributed by atoms with Gasteiger partial charge in [-0.3, -0.25) is 9.36 Å². The van der Waals surface area contributed by atoms with E-state index in [2.05, 4.69) is 21.8 Å². The first-order chi connectivity index (χ1) is 13.7. The first-order valence-corrected chi connectivity index (χ1v) is 9.89. The summed E-state index contributed by atoms with van der Waals surface area (Å²) in [4.78, 5) is 25.3. The van der Waals surface area contributed by atoms with E-state index >= 15 is 0 Å². The van der Waals surface area contributed by atoms with Crippen LogP contribution in [-0.2, 0) is 0 Å². The number of rotatable bonds is 3. The summed E-state index contributed by atoms with van der Waals surface area (Å²) in [5, 5.41) is 0.929. The van der Waals surface area contributed by atoms with Gasteiger partial charge in [-0.25, -0.2) is 9.97 Å². The van der Waals surface area contributed by atoms with Gasteiger partial charge in [-0.2, -0.15) is 0 Å². The van der Waals surface area contributed by atoms with Gasteiger partial charge in [0.05, 0.1) is 16.8 Å². The van der Waals surface area contributed by atoms with Gasteiger partial charge < -0.3 is 14.4 Å². The molecule has 0 unspecified atom stereocenters. The van der Waals surface area contributed by atoms with Crippen molar-refractivity contribution in [2.24, 2.45) is 0 Å². The molecule has 0 bridgehead atoms. The Morgan fingerprint density at radius 3 is 2.82 bits per heavy atom. The number of hydrogen-bond donors (Lipinski definition) is 0. The van der Waals surface area contributed by atoms with E-state index in [9.17, 15) is 4.79 Å². The fraction of sp³-hybridized carbons (Fsp3) is 0.250. The predicted molar refractivity (Wildman–Crippen MR) is 110 cm³/mol. The molecule has 0 aliphatic carbocycles. The zero-order valence-electron chi connectivity index (χ0n) is 15.5. The number of aromatic nitrogens is 3. The molecule has 0 N–H and O–H groups in total. The third-order valence-corrected chi connectivity index (χ3v) is 6.02. The van der Waals surface area contributed by atoms with Crippen molar-refractivity contribution in [3.63, 3.8) is 0 Å². The van der Waals surface area contributed by atoms with Gasteiger partial charge in [-0.1, -0.05) is 0 Å². The number of benzene rings is 1. The second-order valence-corrected chi connectivity index (χ2v) is 7.55. The average Bonchev–Trinajstić information content (AvgIpc) is 3.13. The summed E-state index contributed by atoms with van der Waals surface area (Å²) in [6.45, 7) is 3.97. The van der Waals surface area contributed by atoms with E-state index in [4.69, 9.17) is 9.47 Å². The summed E-state index contributed by atoms with van der Waals surface area (Å²) >= 11 is 1.38. The molecule has 8 heteroatoms. The standard InChI is InChI=1S/C20H18N4O3S/c1-3-23(2)13-6-7-21-19-16(13)17-18(28-19)20(25)24(11-22-17)12-4-5-14-15(10-12)27-9-8-26-14/h4-7,10-11H,3,8-9H2,1-2H3. The highest BCUT2D eigenvalue weighted by atomic mass is 32.1. The van der Waals surface area contributed by atoms with Crippen molar-refractivity contribution in [2.75, 3.05) is 31.7 Å². The Balaban J connectivity index is 1.72. The second kappa shape index (κ2) is 6.49. The minimum absolute atomic E-state index is 0.116. The van der Waals surface area contributed by atoms with Crippen molar-refractivity contribution in [3.05, 3.63) is 47.1 Å². The van der Waals surface area contributed by atoms with Crippen molar-refractivity contribution < 1.29 is 9.47 Å². The predicted octanol–water partition coefficient (Wildman–Crippen LogP) is 3.22. The lowest BCUT2D eigenvalue weighted by atomic mass is 10.2. The van der Waals surface area contributed by atoms with Gasteiger partial charge >= 0.3 is 0 Å². The molecule has 0 saturated heterocycles. The maximum Gasteiger partial charge on any atom is 0.275 e. The van der Waals surface area contributed by atoms with Crippen LogP contribution >= 0.6 is 11.3 Å². The molecule has 4 aromatic rings. The van der Waals surface area contributed by atoms with Crippen molar-refractivity contribution >= 4 is 37.5 Å². The lowest BCUT2D eigenvalue weighted by Crippen LogP contribution is -2.19. The van der Waals surface area contributed by atoms with E-state index < -0.39 is 0 Å². The van der Waals surface area contributed by atoms with Crippen molar-refractivity contribution in [3.8, 4) is 17.2 Å². The van der Waals surface area contributed by atoms with Crippen LogP contribution in [0.4, 0.5) is 5.69 Å². The SMILES string of the molecule is CCN(C)c1ccnc2sc3c(=O)n(-c4ccc5c(c4)OCCO5)cnc3c12. The Morgan fingerprint density at radius 2 is 2.00 bits per heavy atom. The Bertz CT molecular complexity index is 1260. The van der Waals surface area contributed by atoms with Crippen LogP contribution in [0.15, 0.2) is 41.6 Å². The number of pyridine rings is 1. The van der Waals surface area contributed by atoms with E-state index in [1.165, 1.54) is 11.3 Å². The van der Waals surface area contributed by atoms with E-state index in [0.29, 0.717) is 40.6 Å². The molecule has 0 fully saturated rings. The van der Waals surface area contributed by atoms with Crippen LogP contribution in [0.1, 0.15) is 6.92 Å². The zero-order valence-corrected chi connectivity index (χ0v) is 16.3. The van der Waals surface area contributed by atoms with Crippen molar-refractivity contribution in [2.45, 2.75) is 6.92 Å². The molecule has 28 heavy (non-hydrogen) atoms. The van der Waals surface area contributed by atoms with Crippen molar-refractivity contribution in [1.82, 2.24) is 14.5 Å². The zero-order chi connectivity index (χ0) is 19.3. The normalized spacial score (nSPS) is 13.2. The number of thiophene rings is 1. The minimum atomic E-state index is -0.116. The van der Waals surface area contributed by atoms with Gasteiger partial charge in [-0.05, 0) is 25.1 Å². The topological polar surface area (TPSA) is 69.5 Å². The van der Waals surface area contributed by atoms with E-state index in [1.54, 1.807) is 17.1 Å². The molecule has 0 amide bonds. The van der Waals surface area contributed by atoms with Crippen LogP contribution in [0.2, 0.25) is 0 Å². The summed E-state index contributed by atoms with van der Waals surface area (Å²) in [5.41, 5.74) is 2.31. The molecule has 4 heterocycles. The fourth-order valence-corrected chi connectivity index (χ4v) is 4.44. The first kappa shape index (κ1) is 17.0. The van der Waals surface area contributed by atoms with Crippen LogP contribution in [0.5, 0.6) is 11.5 Å². The van der Waals surface area contributed by atoms with Crippen LogP contribution in [0.25, 0.3) is 26.1 Å². The highest BCUT2D eigenvalue weighted by Crippen LogP contribution is 2.36. The Kier molecular flexibility index (Phi) is 3.94. The van der Waals surface area contributed by atoms with E-state index in [1.807, 2.05) is 31.3 Å². The van der Waals surface area contributed by atoms with Gasteiger partial charge in [0.15, 0.2) is 11.5 Å². The maximum absolute atomic E-state index is 13.2. The Morgan fingerprint density at radius 1 is 1.18 bits per heavy atom. The number of nitrogens with zero attached hydrogens (tertiary/aromatic N) is 4. The highest BCUT2D eigenvalue weighted by molar-refractivity contribution is 7.25. The average molecular weight is 394 g/mol. The fourth-order valence-electron chi connectivity index (χ4n) is 3.39. The molecule has 0 saturated carbocycles. The summed E-state index contributed by atoms with van der Waals surface area (Å²) in [7, 11) is 2.02. The third-order valence-electron chi connectivity index (χ3n) is 4.95. The quantitative estimate of drug-likeness (QED) is 0.531. The molecule has 1 aromatic carbocycles. The van der Waals surface area contributed by atoms with Crippen molar-refractivity contribution in [1.29, 1.82) is 0 Å². The Labute approximate surface area is 164 Å². The lowest BCUT2D eigenvalue weighted by Gasteiger charge is -2.19. The van der Waals surface area contributed by atoms with Gasteiger partial charge in [0.2, 0.25) is 0 Å². The second-order valence-electron chi connectivity index (χ2n) is 6.55. The molecular weight excluding hydrogens is 376 g/mol. The van der Waals surface area contributed by atoms with Gasteiger partial charge in [-0.15, -0.1) is 11.3 Å². The Hall–Kier alpha value is -3.13. The van der Waals surface area contributed by atoms with Crippen LogP contribution in [-0.4, -0.2) is 41.3 Å². The molecule has 1 aliphatic heterocycles. The first-order valence-electron chi connectivity index (χ1n) is 9.07. The lowest BCUT2D eigenvalue weighted by molar-refractivity contribution is 0.171. The van der Waals surface area contributed by atoms with Gasteiger partial charge in [0.1, 0.15) is 34.6 Å². The number of fused-ring (bicyclic) bond motifs is 4. The summed E-state index contributed by atoms with van der Waals surface area (Å²) in [6.07, 6.45) is 3.35. The third kappa shape index (κ3) is 2.52. The molecular formula is C20H18N4O3S. The largest absolute Gasteiger partial charge is 0.486 e. The highest BCUT2D eigenvalue weighted by Gasteiger charge is 2.18. The summed E-state index contributed by atoms with van der Waals surface area (Å²) < 4.78 is 13.3. The number of ether oxygens (including phenoxy) is 2. The van der Waals surface area contributed by atoms with Crippen LogP contribution in [0, 0.1) is 0 Å². The van der Waals surface area contributed by atoms with Gasteiger partial charge in [0, 0.05) is 25.9 Å². The van der Waals surface area contributed by atoms with Crippen LogP contribution in [0.3, 0.4) is 0 Å². The van der Waals surface area contributed by atoms with Gasteiger partial charge in [0.25, 0.3) is 5.56 Å². The maximum atomic E-state index is 13.2. The molecule has 0 radical (unpaired) electrons. The molecule has 0 spiro atoms. The minimum Gasteiger partial charge on any atom is -0.486 e. The van der Waals surface area contributed by atoms with E-state index in [0.717, 1.165) is 22.4 Å². The smallest absolute Gasteiger partial charge is 0.275 e. The number of hydrogen-bond acceptors (Lipinski definition) is 7. The molecule has 7 nitrogen and oxygen atoms in total. The monoisotopic (exact) mass is 394 g/mol. The molecule has 0 atom stereocenters. The molecule has 3 aromatic heterocycles. The molecule has 5 rings (SSSR count). The van der Waals surface area contributed by atoms with E-state index in [-0.39, 0.29) is 5.56 Å².